The van der Waals surface area contributed by atoms with Crippen LogP contribution in [-0.2, 0) is 9.59 Å². The molecule has 1 saturated carbocycles. The van der Waals surface area contributed by atoms with E-state index < -0.39 is 17.7 Å². The molecule has 0 saturated heterocycles. The van der Waals surface area contributed by atoms with Gasteiger partial charge in [-0.3, -0.25) is 24.1 Å². The Bertz CT molecular complexity index is 690. The van der Waals surface area contributed by atoms with Crippen molar-refractivity contribution in [3.05, 3.63) is 35.4 Å². The zero-order valence-electron chi connectivity index (χ0n) is 14.6. The fourth-order valence-electron chi connectivity index (χ4n) is 3.44. The maximum atomic E-state index is 12.2. The minimum absolute atomic E-state index is 0.0852. The first-order valence-corrected chi connectivity index (χ1v) is 9.07. The van der Waals surface area contributed by atoms with E-state index in [0.717, 1.165) is 30.6 Å². The van der Waals surface area contributed by atoms with Crippen LogP contribution in [0.2, 0.25) is 0 Å². The van der Waals surface area contributed by atoms with Crippen molar-refractivity contribution in [2.45, 2.75) is 44.6 Å². The fraction of sp³-hybridized carbons (Fsp3) is 0.474. The molecular weight excluding hydrogens is 334 g/mol. The number of hydrogen-bond donors (Lipinski definition) is 2. The molecule has 0 bridgehead atoms. The summed E-state index contributed by atoms with van der Waals surface area (Å²) in [5, 5.41) is 5.58. The van der Waals surface area contributed by atoms with Crippen LogP contribution in [0.25, 0.3) is 0 Å². The first-order valence-electron chi connectivity index (χ1n) is 9.07. The van der Waals surface area contributed by atoms with E-state index in [9.17, 15) is 19.2 Å². The molecule has 3 rings (SSSR count). The highest BCUT2D eigenvalue weighted by Gasteiger charge is 2.36. The van der Waals surface area contributed by atoms with Gasteiger partial charge in [-0.2, -0.15) is 0 Å². The molecule has 0 unspecified atom stereocenters. The second-order valence-electron chi connectivity index (χ2n) is 6.74. The van der Waals surface area contributed by atoms with Gasteiger partial charge in [0.1, 0.15) is 6.54 Å². The molecule has 1 aromatic rings. The van der Waals surface area contributed by atoms with Crippen molar-refractivity contribution in [1.82, 2.24) is 15.5 Å². The average molecular weight is 357 g/mol. The first-order chi connectivity index (χ1) is 12.6. The van der Waals surface area contributed by atoms with E-state index >= 15 is 0 Å². The van der Waals surface area contributed by atoms with Crippen molar-refractivity contribution in [2.75, 3.05) is 13.1 Å². The lowest BCUT2D eigenvalue weighted by Gasteiger charge is -2.22. The lowest BCUT2D eigenvalue weighted by Crippen LogP contribution is -2.42. The van der Waals surface area contributed by atoms with Gasteiger partial charge < -0.3 is 10.6 Å². The predicted octanol–water partition coefficient (Wildman–Crippen LogP) is 1.24. The van der Waals surface area contributed by atoms with Gasteiger partial charge in [-0.15, -0.1) is 0 Å². The molecule has 1 heterocycles. The Kier molecular flexibility index (Phi) is 5.65. The molecule has 1 aliphatic heterocycles. The summed E-state index contributed by atoms with van der Waals surface area (Å²) in [4.78, 5) is 49.3. The van der Waals surface area contributed by atoms with Crippen molar-refractivity contribution < 1.29 is 19.2 Å². The standard InChI is InChI=1S/C19H23N3O4/c23-16(21-13-6-2-1-3-7-13)10-11-20-17(24)12-22-18(25)14-8-4-5-9-15(14)19(22)26/h4-5,8-9,13H,1-3,6-7,10-12H2,(H,20,24)(H,21,23). The number of carbonyl (C=O) groups excluding carboxylic acids is 4. The van der Waals surface area contributed by atoms with Gasteiger partial charge in [-0.1, -0.05) is 31.4 Å². The Morgan fingerprint density at radius 1 is 0.962 bits per heavy atom. The fourth-order valence-corrected chi connectivity index (χ4v) is 3.44. The number of hydrogen-bond acceptors (Lipinski definition) is 4. The monoisotopic (exact) mass is 357 g/mol. The van der Waals surface area contributed by atoms with Crippen LogP contribution in [0, 0.1) is 0 Å². The Hall–Kier alpha value is -2.70. The molecule has 2 aliphatic rings. The highest BCUT2D eigenvalue weighted by atomic mass is 16.2. The van der Waals surface area contributed by atoms with Crippen LogP contribution in [0.1, 0.15) is 59.2 Å². The number of benzene rings is 1. The largest absolute Gasteiger partial charge is 0.354 e. The summed E-state index contributed by atoms with van der Waals surface area (Å²) in [7, 11) is 0. The summed E-state index contributed by atoms with van der Waals surface area (Å²) in [6, 6.07) is 6.74. The molecule has 1 aromatic carbocycles. The van der Waals surface area contributed by atoms with E-state index in [1.807, 2.05) is 0 Å². The summed E-state index contributed by atoms with van der Waals surface area (Å²) < 4.78 is 0. The number of amides is 4. The maximum Gasteiger partial charge on any atom is 0.262 e. The highest BCUT2D eigenvalue weighted by molar-refractivity contribution is 6.22. The third-order valence-corrected chi connectivity index (χ3v) is 4.82. The summed E-state index contributed by atoms with van der Waals surface area (Å²) in [5.41, 5.74) is 0.634. The van der Waals surface area contributed by atoms with Crippen LogP contribution in [0.4, 0.5) is 0 Å². The van der Waals surface area contributed by atoms with E-state index in [0.29, 0.717) is 11.1 Å². The smallest absolute Gasteiger partial charge is 0.262 e. The Morgan fingerprint density at radius 2 is 1.58 bits per heavy atom. The Labute approximate surface area is 152 Å². The molecule has 4 amide bonds. The van der Waals surface area contributed by atoms with Crippen molar-refractivity contribution in [3.63, 3.8) is 0 Å². The van der Waals surface area contributed by atoms with Crippen molar-refractivity contribution in [1.29, 1.82) is 0 Å². The predicted molar refractivity (Wildman–Crippen MR) is 94.5 cm³/mol. The molecule has 7 heteroatoms. The number of carbonyl (C=O) groups is 4. The summed E-state index contributed by atoms with van der Waals surface area (Å²) >= 11 is 0. The van der Waals surface area contributed by atoms with Crippen LogP contribution in [0.15, 0.2) is 24.3 Å². The topological polar surface area (TPSA) is 95.6 Å². The van der Waals surface area contributed by atoms with Crippen molar-refractivity contribution in [2.24, 2.45) is 0 Å². The average Bonchev–Trinajstić information content (AvgIpc) is 2.88. The number of nitrogens with one attached hydrogen (secondary N) is 2. The Morgan fingerprint density at radius 3 is 2.19 bits per heavy atom. The summed E-state index contributed by atoms with van der Waals surface area (Å²) in [5.74, 6) is -1.46. The molecule has 138 valence electrons. The van der Waals surface area contributed by atoms with E-state index in [2.05, 4.69) is 10.6 Å². The maximum absolute atomic E-state index is 12.2. The zero-order chi connectivity index (χ0) is 18.5. The second kappa shape index (κ2) is 8.12. The molecule has 0 spiro atoms. The number of rotatable bonds is 6. The third kappa shape index (κ3) is 4.09. The first kappa shape index (κ1) is 18.1. The molecule has 1 aliphatic carbocycles. The molecule has 2 N–H and O–H groups in total. The Balaban J connectivity index is 1.41. The van der Waals surface area contributed by atoms with Crippen LogP contribution in [-0.4, -0.2) is 47.7 Å². The van der Waals surface area contributed by atoms with Crippen LogP contribution in [0.5, 0.6) is 0 Å². The number of fused-ring (bicyclic) bond motifs is 1. The van der Waals surface area contributed by atoms with Gasteiger partial charge in [0.05, 0.1) is 11.1 Å². The van der Waals surface area contributed by atoms with E-state index in [1.165, 1.54) is 6.42 Å². The number of nitrogens with zero attached hydrogens (tertiary/aromatic N) is 1. The lowest BCUT2D eigenvalue weighted by molar-refractivity contribution is -0.123. The van der Waals surface area contributed by atoms with Crippen LogP contribution in [0.3, 0.4) is 0 Å². The normalized spacial score (nSPS) is 17.2. The van der Waals surface area contributed by atoms with E-state index in [-0.39, 0.29) is 31.5 Å². The summed E-state index contributed by atoms with van der Waals surface area (Å²) in [6.45, 7) is -0.156. The van der Waals surface area contributed by atoms with Crippen molar-refractivity contribution >= 4 is 23.6 Å². The van der Waals surface area contributed by atoms with Crippen LogP contribution >= 0.6 is 0 Å². The molecule has 26 heavy (non-hydrogen) atoms. The third-order valence-electron chi connectivity index (χ3n) is 4.82. The van der Waals surface area contributed by atoms with Gasteiger partial charge >= 0.3 is 0 Å². The molecular formula is C19H23N3O4. The van der Waals surface area contributed by atoms with Gasteiger partial charge in [-0.25, -0.2) is 0 Å². The number of imide groups is 1. The molecule has 7 nitrogen and oxygen atoms in total. The van der Waals surface area contributed by atoms with Gasteiger partial charge in [-0.05, 0) is 25.0 Å². The van der Waals surface area contributed by atoms with Crippen molar-refractivity contribution in [3.8, 4) is 0 Å². The zero-order valence-corrected chi connectivity index (χ0v) is 14.6. The van der Waals surface area contributed by atoms with Gasteiger partial charge in [0.2, 0.25) is 11.8 Å². The minimum Gasteiger partial charge on any atom is -0.354 e. The quantitative estimate of drug-likeness (QED) is 0.749. The highest BCUT2D eigenvalue weighted by Crippen LogP contribution is 2.21. The van der Waals surface area contributed by atoms with Gasteiger partial charge in [0.15, 0.2) is 0 Å². The molecule has 0 atom stereocenters. The lowest BCUT2D eigenvalue weighted by atomic mass is 9.95. The molecule has 1 fully saturated rings. The van der Waals surface area contributed by atoms with E-state index in [4.69, 9.17) is 0 Å². The summed E-state index contributed by atoms with van der Waals surface area (Å²) in [6.07, 6.45) is 5.71. The van der Waals surface area contributed by atoms with Gasteiger partial charge in [0.25, 0.3) is 11.8 Å². The van der Waals surface area contributed by atoms with Crippen LogP contribution < -0.4 is 10.6 Å². The van der Waals surface area contributed by atoms with Gasteiger partial charge in [0, 0.05) is 19.0 Å². The minimum atomic E-state index is -0.462. The van der Waals surface area contributed by atoms with E-state index in [1.54, 1.807) is 24.3 Å². The second-order valence-corrected chi connectivity index (χ2v) is 6.74. The molecule has 0 aromatic heterocycles. The molecule has 0 radical (unpaired) electrons. The SMILES string of the molecule is O=C(CN1C(=O)c2ccccc2C1=O)NCCC(=O)NC1CCCCC1.